The molecule has 0 unspecified atom stereocenters. The number of nitrogen functional groups attached to an aromatic ring is 1. The SMILES string of the molecule is Nc1nc(C(=O)Nc2nc(Cl)c3[nH]cnc3n2)cs1. The third-order valence-corrected chi connectivity index (χ3v) is 3.17. The number of aromatic amines is 1. The van der Waals surface area contributed by atoms with E-state index in [-0.39, 0.29) is 16.8 Å². The van der Waals surface area contributed by atoms with Gasteiger partial charge in [0.25, 0.3) is 5.91 Å². The average Bonchev–Trinajstić information content (AvgIpc) is 2.97. The summed E-state index contributed by atoms with van der Waals surface area (Å²) in [5.41, 5.74) is 6.53. The first kappa shape index (κ1) is 11.8. The molecule has 0 aromatic carbocycles. The van der Waals surface area contributed by atoms with Crippen LogP contribution >= 0.6 is 22.9 Å². The van der Waals surface area contributed by atoms with Gasteiger partial charge in [0.05, 0.1) is 6.33 Å². The Bertz CT molecular complexity index is 767. The summed E-state index contributed by atoms with van der Waals surface area (Å²) in [4.78, 5) is 30.4. The third-order valence-electron chi connectivity index (χ3n) is 2.22. The molecule has 3 aromatic heterocycles. The molecule has 0 aliphatic carbocycles. The number of anilines is 2. The number of halogens is 1. The number of nitrogens with one attached hydrogen (secondary N) is 2. The number of hydrogen-bond donors (Lipinski definition) is 3. The van der Waals surface area contributed by atoms with Gasteiger partial charge in [0, 0.05) is 5.38 Å². The number of H-pyrrole nitrogens is 1. The lowest BCUT2D eigenvalue weighted by atomic mass is 10.4. The molecule has 0 atom stereocenters. The summed E-state index contributed by atoms with van der Waals surface area (Å²) in [7, 11) is 0. The maximum absolute atomic E-state index is 11.8. The predicted molar refractivity (Wildman–Crippen MR) is 71.2 cm³/mol. The minimum atomic E-state index is -0.459. The Morgan fingerprint density at radius 2 is 2.26 bits per heavy atom. The molecule has 96 valence electrons. The lowest BCUT2D eigenvalue weighted by Crippen LogP contribution is -2.14. The highest BCUT2D eigenvalue weighted by Crippen LogP contribution is 2.19. The van der Waals surface area contributed by atoms with Crippen LogP contribution in [0.5, 0.6) is 0 Å². The molecule has 3 aromatic rings. The van der Waals surface area contributed by atoms with Crippen LogP contribution in [0.25, 0.3) is 11.2 Å². The van der Waals surface area contributed by atoms with Gasteiger partial charge in [-0.1, -0.05) is 11.6 Å². The third kappa shape index (κ3) is 2.20. The zero-order valence-corrected chi connectivity index (χ0v) is 10.8. The number of fused-ring (bicyclic) bond motifs is 1. The van der Waals surface area contributed by atoms with Crippen LogP contribution in [0.15, 0.2) is 11.7 Å². The largest absolute Gasteiger partial charge is 0.375 e. The zero-order chi connectivity index (χ0) is 13.4. The quantitative estimate of drug-likeness (QED) is 0.612. The van der Waals surface area contributed by atoms with Crippen molar-refractivity contribution in [3.63, 3.8) is 0 Å². The highest BCUT2D eigenvalue weighted by Gasteiger charge is 2.14. The summed E-state index contributed by atoms with van der Waals surface area (Å²) in [6, 6.07) is 0. The number of rotatable bonds is 2. The highest BCUT2D eigenvalue weighted by atomic mass is 35.5. The number of nitrogens with zero attached hydrogens (tertiary/aromatic N) is 4. The standard InChI is InChI=1S/C9H6ClN7OS/c10-5-4-6(13-2-12-4)16-9(15-5)17-7(18)3-1-19-8(11)14-3/h1-2H,(H2,11,14)(H2,12,13,15,16,17,18). The van der Waals surface area contributed by atoms with E-state index in [1.165, 1.54) is 17.7 Å². The fourth-order valence-corrected chi connectivity index (χ4v) is 2.17. The van der Waals surface area contributed by atoms with Crippen LogP contribution in [0.3, 0.4) is 0 Å². The molecule has 0 aliphatic heterocycles. The van der Waals surface area contributed by atoms with E-state index in [1.807, 2.05) is 0 Å². The molecule has 0 saturated heterocycles. The summed E-state index contributed by atoms with van der Waals surface area (Å²) in [5.74, 6) is -0.403. The molecular weight excluding hydrogens is 290 g/mol. The summed E-state index contributed by atoms with van der Waals surface area (Å²) in [5, 5.41) is 4.51. The van der Waals surface area contributed by atoms with E-state index in [9.17, 15) is 4.79 Å². The molecule has 0 aliphatic rings. The minimum absolute atomic E-state index is 0.0566. The molecule has 3 heterocycles. The van der Waals surface area contributed by atoms with Gasteiger partial charge in [0.15, 0.2) is 15.9 Å². The highest BCUT2D eigenvalue weighted by molar-refractivity contribution is 7.13. The number of amides is 1. The summed E-state index contributed by atoms with van der Waals surface area (Å²) in [6.45, 7) is 0. The smallest absolute Gasteiger partial charge is 0.277 e. The van der Waals surface area contributed by atoms with Crippen LogP contribution in [0, 0.1) is 0 Å². The van der Waals surface area contributed by atoms with Crippen molar-refractivity contribution in [2.45, 2.75) is 0 Å². The van der Waals surface area contributed by atoms with Crippen molar-refractivity contribution in [2.24, 2.45) is 0 Å². The number of thiazole rings is 1. The second-order valence-corrected chi connectivity index (χ2v) is 4.71. The van der Waals surface area contributed by atoms with Crippen molar-refractivity contribution in [2.75, 3.05) is 11.1 Å². The van der Waals surface area contributed by atoms with Crippen molar-refractivity contribution in [3.8, 4) is 0 Å². The average molecular weight is 296 g/mol. The van der Waals surface area contributed by atoms with Crippen LogP contribution in [-0.4, -0.2) is 30.8 Å². The summed E-state index contributed by atoms with van der Waals surface area (Å²) in [6.07, 6.45) is 1.44. The normalized spacial score (nSPS) is 10.8. The van der Waals surface area contributed by atoms with Crippen LogP contribution in [0.4, 0.5) is 11.1 Å². The molecule has 0 fully saturated rings. The van der Waals surface area contributed by atoms with Crippen molar-refractivity contribution in [1.29, 1.82) is 0 Å². The Kier molecular flexibility index (Phi) is 2.76. The van der Waals surface area contributed by atoms with Gasteiger partial charge in [-0.3, -0.25) is 10.1 Å². The van der Waals surface area contributed by atoms with Crippen LogP contribution in [-0.2, 0) is 0 Å². The van der Waals surface area contributed by atoms with Crippen LogP contribution < -0.4 is 11.1 Å². The molecule has 8 nitrogen and oxygen atoms in total. The maximum Gasteiger partial charge on any atom is 0.277 e. The van der Waals surface area contributed by atoms with E-state index in [4.69, 9.17) is 17.3 Å². The van der Waals surface area contributed by atoms with Gasteiger partial charge in [-0.25, -0.2) is 9.97 Å². The van der Waals surface area contributed by atoms with Gasteiger partial charge < -0.3 is 10.7 Å². The van der Waals surface area contributed by atoms with E-state index in [0.717, 1.165) is 0 Å². The summed E-state index contributed by atoms with van der Waals surface area (Å²) >= 11 is 7.10. The topological polar surface area (TPSA) is 122 Å². The van der Waals surface area contributed by atoms with E-state index in [1.54, 1.807) is 5.38 Å². The van der Waals surface area contributed by atoms with Crippen molar-refractivity contribution in [3.05, 3.63) is 22.6 Å². The number of imidazole rings is 1. The lowest BCUT2D eigenvalue weighted by molar-refractivity contribution is 0.102. The van der Waals surface area contributed by atoms with Crippen LogP contribution in [0.1, 0.15) is 10.5 Å². The van der Waals surface area contributed by atoms with E-state index >= 15 is 0 Å². The van der Waals surface area contributed by atoms with Crippen molar-refractivity contribution >= 4 is 51.1 Å². The molecule has 4 N–H and O–H groups in total. The minimum Gasteiger partial charge on any atom is -0.375 e. The fraction of sp³-hybridized carbons (Fsp3) is 0. The molecule has 19 heavy (non-hydrogen) atoms. The molecule has 10 heteroatoms. The molecular formula is C9H6ClN7OS. The number of nitrogens with two attached hydrogens (primary N) is 1. The number of carbonyl (C=O) groups is 1. The van der Waals surface area contributed by atoms with Crippen molar-refractivity contribution in [1.82, 2.24) is 24.9 Å². The van der Waals surface area contributed by atoms with Crippen molar-refractivity contribution < 1.29 is 4.79 Å². The number of carbonyl (C=O) groups excluding carboxylic acids is 1. The Morgan fingerprint density at radius 3 is 3.00 bits per heavy atom. The molecule has 1 amide bonds. The molecule has 0 radical (unpaired) electrons. The first-order valence-corrected chi connectivity index (χ1v) is 6.28. The monoisotopic (exact) mass is 295 g/mol. The number of hydrogen-bond acceptors (Lipinski definition) is 7. The second-order valence-electron chi connectivity index (χ2n) is 3.46. The fourth-order valence-electron chi connectivity index (χ4n) is 1.41. The van der Waals surface area contributed by atoms with Gasteiger partial charge in [-0.15, -0.1) is 11.3 Å². The zero-order valence-electron chi connectivity index (χ0n) is 9.22. The second kappa shape index (κ2) is 4.44. The van der Waals surface area contributed by atoms with Crippen LogP contribution in [0.2, 0.25) is 5.15 Å². The van der Waals surface area contributed by atoms with Gasteiger partial charge in [-0.2, -0.15) is 9.97 Å². The van der Waals surface area contributed by atoms with E-state index in [0.29, 0.717) is 16.3 Å². The van der Waals surface area contributed by atoms with Gasteiger partial charge in [0.2, 0.25) is 5.95 Å². The van der Waals surface area contributed by atoms with E-state index < -0.39 is 5.91 Å². The Hall–Kier alpha value is -2.26. The Labute approximate surface area is 115 Å². The Morgan fingerprint density at radius 1 is 1.42 bits per heavy atom. The molecule has 0 saturated carbocycles. The first-order valence-electron chi connectivity index (χ1n) is 5.02. The maximum atomic E-state index is 11.8. The van der Waals surface area contributed by atoms with Gasteiger partial charge in [-0.05, 0) is 0 Å². The molecule has 0 spiro atoms. The summed E-state index contributed by atoms with van der Waals surface area (Å²) < 4.78 is 0. The number of aromatic nitrogens is 5. The van der Waals surface area contributed by atoms with Gasteiger partial charge in [0.1, 0.15) is 11.2 Å². The van der Waals surface area contributed by atoms with Gasteiger partial charge >= 0.3 is 0 Å². The van der Waals surface area contributed by atoms with E-state index in [2.05, 4.69) is 30.2 Å². The molecule has 3 rings (SSSR count). The molecule has 0 bridgehead atoms. The Balaban J connectivity index is 1.90. The lowest BCUT2D eigenvalue weighted by Gasteiger charge is -2.01. The predicted octanol–water partition coefficient (Wildman–Crippen LogP) is 1.30. The first-order chi connectivity index (χ1) is 9.13.